The van der Waals surface area contributed by atoms with Crippen LogP contribution in [0.4, 0.5) is 0 Å². The highest BCUT2D eigenvalue weighted by atomic mass is 16.3. The maximum atomic E-state index is 12.2. The summed E-state index contributed by atoms with van der Waals surface area (Å²) in [5, 5.41) is 27.5. The number of amides is 1. The zero-order valence-corrected chi connectivity index (χ0v) is 11.3. The first-order valence-corrected chi connectivity index (χ1v) is 6.85. The summed E-state index contributed by atoms with van der Waals surface area (Å²) in [6, 6.07) is 4.01. The summed E-state index contributed by atoms with van der Waals surface area (Å²) in [5.41, 5.74) is -0.882. The maximum absolute atomic E-state index is 12.2. The van der Waals surface area contributed by atoms with Crippen molar-refractivity contribution in [3.05, 3.63) is 0 Å². The van der Waals surface area contributed by atoms with E-state index in [1.165, 1.54) is 4.90 Å². The quantitative estimate of drug-likeness (QED) is 0.790. The summed E-state index contributed by atoms with van der Waals surface area (Å²) in [4.78, 5) is 13.7. The van der Waals surface area contributed by atoms with Crippen LogP contribution >= 0.6 is 0 Å². The van der Waals surface area contributed by atoms with Crippen LogP contribution in [0.5, 0.6) is 0 Å². The van der Waals surface area contributed by atoms with Gasteiger partial charge in [0.05, 0.1) is 37.0 Å². The fraction of sp³-hybridized carbons (Fsp3) is 0.786. The van der Waals surface area contributed by atoms with E-state index in [9.17, 15) is 9.90 Å². The van der Waals surface area contributed by atoms with E-state index in [-0.39, 0.29) is 25.2 Å². The van der Waals surface area contributed by atoms with E-state index in [0.717, 1.165) is 19.3 Å². The Kier molecular flexibility index (Phi) is 6.32. The van der Waals surface area contributed by atoms with Crippen LogP contribution in [-0.4, -0.2) is 34.6 Å². The molecule has 19 heavy (non-hydrogen) atoms. The first-order chi connectivity index (χ1) is 9.11. The molecule has 0 heterocycles. The van der Waals surface area contributed by atoms with Crippen molar-refractivity contribution < 1.29 is 9.90 Å². The molecule has 0 unspecified atom stereocenters. The molecule has 1 fully saturated rings. The van der Waals surface area contributed by atoms with Gasteiger partial charge >= 0.3 is 0 Å². The third-order valence-corrected chi connectivity index (χ3v) is 3.60. The molecule has 0 radical (unpaired) electrons. The third-order valence-electron chi connectivity index (χ3n) is 3.60. The van der Waals surface area contributed by atoms with Gasteiger partial charge in [0.15, 0.2) is 0 Å². The summed E-state index contributed by atoms with van der Waals surface area (Å²) in [6.45, 7) is 0.681. The van der Waals surface area contributed by atoms with E-state index in [0.29, 0.717) is 25.9 Å². The smallest absolute Gasteiger partial charge is 0.225 e. The zero-order chi connectivity index (χ0) is 14.1. The van der Waals surface area contributed by atoms with Gasteiger partial charge in [-0.3, -0.25) is 4.79 Å². The number of aliphatic hydroxyl groups is 1. The fourth-order valence-electron chi connectivity index (χ4n) is 2.51. The van der Waals surface area contributed by atoms with Gasteiger partial charge in [-0.25, -0.2) is 0 Å². The van der Waals surface area contributed by atoms with Crippen LogP contribution in [0.3, 0.4) is 0 Å². The Balaban J connectivity index is 2.54. The van der Waals surface area contributed by atoms with Crippen LogP contribution in [0.1, 0.15) is 51.4 Å². The summed E-state index contributed by atoms with van der Waals surface area (Å²) in [5.74, 6) is -0.144. The highest BCUT2D eigenvalue weighted by molar-refractivity contribution is 5.77. The topological polar surface area (TPSA) is 88.1 Å². The summed E-state index contributed by atoms with van der Waals surface area (Å²) in [6.07, 6.45) is 5.00. The maximum Gasteiger partial charge on any atom is 0.225 e. The molecule has 5 heteroatoms. The molecule has 0 atom stereocenters. The second-order valence-corrected chi connectivity index (χ2v) is 5.16. The van der Waals surface area contributed by atoms with Gasteiger partial charge in [-0.1, -0.05) is 19.3 Å². The molecule has 0 spiro atoms. The first-order valence-electron chi connectivity index (χ1n) is 6.85. The van der Waals surface area contributed by atoms with E-state index in [1.807, 2.05) is 12.1 Å². The molecule has 104 valence electrons. The largest absolute Gasteiger partial charge is 0.389 e. The molecule has 5 nitrogen and oxygen atoms in total. The molecule has 1 rings (SSSR count). The van der Waals surface area contributed by atoms with Crippen LogP contribution < -0.4 is 0 Å². The first kappa shape index (κ1) is 15.5. The van der Waals surface area contributed by atoms with Crippen molar-refractivity contribution in [1.29, 1.82) is 10.5 Å². The lowest BCUT2D eigenvalue weighted by Gasteiger charge is -2.33. The Morgan fingerprint density at radius 3 is 2.11 bits per heavy atom. The lowest BCUT2D eigenvalue weighted by atomic mass is 9.82. The average molecular weight is 263 g/mol. The Morgan fingerprint density at radius 1 is 1.11 bits per heavy atom. The van der Waals surface area contributed by atoms with E-state index in [4.69, 9.17) is 10.5 Å². The highest BCUT2D eigenvalue weighted by Gasteiger charge is 2.33. The molecule has 0 saturated heterocycles. The number of carbonyl (C=O) groups is 1. The van der Waals surface area contributed by atoms with Crippen LogP contribution in [0, 0.1) is 22.7 Å². The molecular formula is C14H21N3O2. The van der Waals surface area contributed by atoms with Gasteiger partial charge in [-0.2, -0.15) is 10.5 Å². The summed E-state index contributed by atoms with van der Waals surface area (Å²) < 4.78 is 0. The van der Waals surface area contributed by atoms with Crippen molar-refractivity contribution in [3.63, 3.8) is 0 Å². The van der Waals surface area contributed by atoms with Gasteiger partial charge in [0.1, 0.15) is 0 Å². The SMILES string of the molecule is N#CCCN(CCC#N)C(=O)CC1(O)CCCCC1. The van der Waals surface area contributed by atoms with Gasteiger partial charge in [-0.15, -0.1) is 0 Å². The van der Waals surface area contributed by atoms with Gasteiger partial charge in [0.2, 0.25) is 5.91 Å². The van der Waals surface area contributed by atoms with Gasteiger partial charge in [0, 0.05) is 13.1 Å². The number of rotatable bonds is 6. The fourth-order valence-corrected chi connectivity index (χ4v) is 2.51. The lowest BCUT2D eigenvalue weighted by molar-refractivity contribution is -0.137. The van der Waals surface area contributed by atoms with E-state index >= 15 is 0 Å². The molecule has 1 saturated carbocycles. The molecule has 0 bridgehead atoms. The minimum absolute atomic E-state index is 0.115. The van der Waals surface area contributed by atoms with Crippen molar-refractivity contribution in [2.75, 3.05) is 13.1 Å². The second-order valence-electron chi connectivity index (χ2n) is 5.16. The Bertz CT molecular complexity index is 357. The second kappa shape index (κ2) is 7.76. The number of nitriles is 2. The van der Waals surface area contributed by atoms with Gasteiger partial charge in [0.25, 0.3) is 0 Å². The van der Waals surface area contributed by atoms with Crippen molar-refractivity contribution in [1.82, 2.24) is 4.90 Å². The van der Waals surface area contributed by atoms with Crippen molar-refractivity contribution in [2.24, 2.45) is 0 Å². The molecule has 0 aromatic heterocycles. The van der Waals surface area contributed by atoms with E-state index < -0.39 is 5.60 Å². The normalized spacial score (nSPS) is 17.2. The average Bonchev–Trinajstić information content (AvgIpc) is 2.39. The van der Waals surface area contributed by atoms with Crippen molar-refractivity contribution >= 4 is 5.91 Å². The monoisotopic (exact) mass is 263 g/mol. The Labute approximate surface area is 114 Å². The van der Waals surface area contributed by atoms with Gasteiger partial charge in [-0.05, 0) is 12.8 Å². The molecule has 0 aromatic rings. The number of hydrogen-bond donors (Lipinski definition) is 1. The molecule has 1 amide bonds. The predicted molar refractivity (Wildman–Crippen MR) is 69.7 cm³/mol. The summed E-state index contributed by atoms with van der Waals surface area (Å²) >= 11 is 0. The van der Waals surface area contributed by atoms with E-state index in [1.54, 1.807) is 0 Å². The minimum Gasteiger partial charge on any atom is -0.389 e. The Hall–Kier alpha value is -1.59. The highest BCUT2D eigenvalue weighted by Crippen LogP contribution is 2.31. The predicted octanol–water partition coefficient (Wildman–Crippen LogP) is 1.73. The molecular weight excluding hydrogens is 242 g/mol. The number of nitrogens with zero attached hydrogens (tertiary/aromatic N) is 3. The number of hydrogen-bond acceptors (Lipinski definition) is 4. The molecule has 1 N–H and O–H groups in total. The van der Waals surface area contributed by atoms with Gasteiger partial charge < -0.3 is 10.0 Å². The third kappa shape index (κ3) is 5.28. The molecule has 1 aliphatic carbocycles. The summed E-state index contributed by atoms with van der Waals surface area (Å²) in [7, 11) is 0. The van der Waals surface area contributed by atoms with Crippen molar-refractivity contribution in [3.8, 4) is 12.1 Å². The molecule has 1 aliphatic rings. The molecule has 0 aromatic carbocycles. The standard InChI is InChI=1S/C14H21N3O2/c15-8-4-10-17(11-5-9-16)13(18)12-14(19)6-2-1-3-7-14/h19H,1-7,10-12H2. The van der Waals surface area contributed by atoms with E-state index in [2.05, 4.69) is 0 Å². The number of carbonyl (C=O) groups excluding carboxylic acids is 1. The van der Waals surface area contributed by atoms with Crippen LogP contribution in [0.25, 0.3) is 0 Å². The zero-order valence-electron chi connectivity index (χ0n) is 11.3. The molecule has 0 aliphatic heterocycles. The minimum atomic E-state index is -0.882. The Morgan fingerprint density at radius 2 is 1.63 bits per heavy atom. The van der Waals surface area contributed by atoms with Crippen molar-refractivity contribution in [2.45, 2.75) is 57.0 Å². The lowest BCUT2D eigenvalue weighted by Crippen LogP contribution is -2.41. The van der Waals surface area contributed by atoms with Crippen LogP contribution in [-0.2, 0) is 4.79 Å². The van der Waals surface area contributed by atoms with Crippen LogP contribution in [0.2, 0.25) is 0 Å². The van der Waals surface area contributed by atoms with Crippen LogP contribution in [0.15, 0.2) is 0 Å².